The van der Waals surface area contributed by atoms with Crippen molar-refractivity contribution in [2.45, 2.75) is 20.4 Å². The molecule has 98 valence electrons. The summed E-state index contributed by atoms with van der Waals surface area (Å²) in [4.78, 5) is 23.0. The van der Waals surface area contributed by atoms with Crippen LogP contribution in [0.1, 0.15) is 24.3 Å². The molecule has 0 bridgehead atoms. The van der Waals surface area contributed by atoms with E-state index in [1.807, 2.05) is 0 Å². The number of aromatic nitrogens is 2. The first-order chi connectivity index (χ1) is 8.62. The fourth-order valence-electron chi connectivity index (χ4n) is 1.18. The van der Waals surface area contributed by atoms with Crippen LogP contribution in [0, 0.1) is 0 Å². The second-order valence-electron chi connectivity index (χ2n) is 3.15. The number of hydrogen-bond donors (Lipinski definition) is 1. The summed E-state index contributed by atoms with van der Waals surface area (Å²) >= 11 is 1.06. The molecule has 0 aliphatic rings. The van der Waals surface area contributed by atoms with Gasteiger partial charge in [-0.2, -0.15) is 5.10 Å². The predicted octanol–water partition coefficient (Wildman–Crippen LogP) is 0.987. The monoisotopic (exact) mass is 272 g/mol. The van der Waals surface area contributed by atoms with E-state index >= 15 is 0 Å². The molecule has 0 atom stereocenters. The lowest BCUT2D eigenvalue weighted by Crippen LogP contribution is -2.32. The van der Waals surface area contributed by atoms with Crippen molar-refractivity contribution in [2.75, 3.05) is 5.75 Å². The van der Waals surface area contributed by atoms with E-state index in [9.17, 15) is 14.1 Å². The van der Waals surface area contributed by atoms with Crippen molar-refractivity contribution in [3.8, 4) is 0 Å². The molecule has 0 spiro atoms. The van der Waals surface area contributed by atoms with E-state index < -0.39 is 5.91 Å². The summed E-state index contributed by atoms with van der Waals surface area (Å²) in [6.07, 6.45) is 0. The molecule has 0 saturated heterocycles. The van der Waals surface area contributed by atoms with Gasteiger partial charge < -0.3 is 0 Å². The minimum Gasteiger partial charge on any atom is -0.298 e. The van der Waals surface area contributed by atoms with Crippen molar-refractivity contribution in [3.63, 3.8) is 0 Å². The van der Waals surface area contributed by atoms with Crippen LogP contribution in [-0.2, 0) is 6.54 Å². The van der Waals surface area contributed by atoms with Gasteiger partial charge in [0.15, 0.2) is 0 Å². The van der Waals surface area contributed by atoms with E-state index in [1.165, 1.54) is 12.1 Å². The Morgan fingerprint density at radius 2 is 2.28 bits per heavy atom. The van der Waals surface area contributed by atoms with Crippen molar-refractivity contribution in [2.24, 2.45) is 5.21 Å². The first kappa shape index (κ1) is 14.4. The summed E-state index contributed by atoms with van der Waals surface area (Å²) < 4.78 is 13.4. The summed E-state index contributed by atoms with van der Waals surface area (Å²) in [6, 6.07) is 2.53. The molecule has 1 N–H and O–H groups in total. The normalized spacial score (nSPS) is 11.4. The van der Waals surface area contributed by atoms with Gasteiger partial charge in [-0.1, -0.05) is 28.4 Å². The Morgan fingerprint density at radius 3 is 2.83 bits per heavy atom. The molecule has 0 aliphatic heterocycles. The molecule has 1 aromatic rings. The standard InChI is InChI=1S/C10H13FN4O2S/c1-3-15-8(16)6-5-7(14-15)9(17)12-10(13-11)18-4-2/h5-6H,3-4H2,1-2H3,(H,12,13,17). The smallest absolute Gasteiger partial charge is 0.277 e. The van der Waals surface area contributed by atoms with Gasteiger partial charge in [0.05, 0.1) is 0 Å². The number of aryl methyl sites for hydroxylation is 1. The van der Waals surface area contributed by atoms with Crippen molar-refractivity contribution in [3.05, 3.63) is 28.2 Å². The molecule has 18 heavy (non-hydrogen) atoms. The van der Waals surface area contributed by atoms with Gasteiger partial charge >= 0.3 is 0 Å². The number of carbonyl (C=O) groups excluding carboxylic acids is 1. The molecule has 0 aromatic carbocycles. The van der Waals surface area contributed by atoms with Crippen LogP contribution in [0.15, 0.2) is 22.1 Å². The summed E-state index contributed by atoms with van der Waals surface area (Å²) in [5.74, 6) is -0.0279. The van der Waals surface area contributed by atoms with Gasteiger partial charge in [-0.25, -0.2) is 4.68 Å². The van der Waals surface area contributed by atoms with Crippen LogP contribution >= 0.6 is 11.8 Å². The molecule has 8 heteroatoms. The molecule has 6 nitrogen and oxygen atoms in total. The van der Waals surface area contributed by atoms with Crippen molar-refractivity contribution in [1.82, 2.24) is 15.1 Å². The number of nitrogens with one attached hydrogen (secondary N) is 1. The number of amides is 1. The maximum atomic E-state index is 12.2. The topological polar surface area (TPSA) is 76.3 Å². The second-order valence-corrected chi connectivity index (χ2v) is 4.40. The van der Waals surface area contributed by atoms with E-state index in [-0.39, 0.29) is 16.4 Å². The molecule has 0 unspecified atom stereocenters. The van der Waals surface area contributed by atoms with E-state index in [1.54, 1.807) is 13.8 Å². The van der Waals surface area contributed by atoms with Gasteiger partial charge in [0.1, 0.15) is 5.69 Å². The molecule has 1 heterocycles. The van der Waals surface area contributed by atoms with Crippen LogP contribution in [0.5, 0.6) is 0 Å². The largest absolute Gasteiger partial charge is 0.298 e. The molecule has 0 radical (unpaired) electrons. The number of carbonyl (C=O) groups is 1. The van der Waals surface area contributed by atoms with Crippen LogP contribution in [0.25, 0.3) is 0 Å². The Balaban J connectivity index is 2.87. The van der Waals surface area contributed by atoms with Gasteiger partial charge in [-0.15, -0.1) is 0 Å². The van der Waals surface area contributed by atoms with Crippen LogP contribution in [0.3, 0.4) is 0 Å². The van der Waals surface area contributed by atoms with Gasteiger partial charge in [0.2, 0.25) is 5.17 Å². The van der Waals surface area contributed by atoms with E-state index in [0.29, 0.717) is 12.3 Å². The highest BCUT2D eigenvalue weighted by molar-refractivity contribution is 8.13. The number of rotatable bonds is 3. The number of thioether (sulfide) groups is 1. The Kier molecular flexibility index (Phi) is 5.50. The molecule has 0 fully saturated rings. The maximum Gasteiger partial charge on any atom is 0.277 e. The first-order valence-corrected chi connectivity index (χ1v) is 6.32. The minimum atomic E-state index is -0.602. The maximum absolute atomic E-state index is 12.2. The number of nitrogens with zero attached hydrogens (tertiary/aromatic N) is 3. The zero-order valence-electron chi connectivity index (χ0n) is 10.0. The lowest BCUT2D eigenvalue weighted by Gasteiger charge is -2.06. The molecule has 1 amide bonds. The highest BCUT2D eigenvalue weighted by Gasteiger charge is 2.12. The minimum absolute atomic E-state index is 0.0364. The Morgan fingerprint density at radius 1 is 1.56 bits per heavy atom. The third-order valence-electron chi connectivity index (χ3n) is 1.98. The van der Waals surface area contributed by atoms with E-state index in [0.717, 1.165) is 16.4 Å². The van der Waals surface area contributed by atoms with Gasteiger partial charge in [0, 0.05) is 12.6 Å². The van der Waals surface area contributed by atoms with Crippen molar-refractivity contribution >= 4 is 22.8 Å². The summed E-state index contributed by atoms with van der Waals surface area (Å²) in [7, 11) is 0. The van der Waals surface area contributed by atoms with E-state index in [4.69, 9.17) is 0 Å². The van der Waals surface area contributed by atoms with Gasteiger partial charge in [-0.3, -0.25) is 14.9 Å². The van der Waals surface area contributed by atoms with Gasteiger partial charge in [-0.05, 0) is 18.7 Å². The molecule has 0 aliphatic carbocycles. The van der Waals surface area contributed by atoms with Gasteiger partial charge in [0.25, 0.3) is 11.5 Å². The number of halogens is 1. The fraction of sp³-hybridized carbons (Fsp3) is 0.400. The summed E-state index contributed by atoms with van der Waals surface area (Å²) in [6.45, 7) is 3.89. The zero-order valence-corrected chi connectivity index (χ0v) is 10.8. The predicted molar refractivity (Wildman–Crippen MR) is 68.3 cm³/mol. The number of amidine groups is 1. The molecule has 1 rings (SSSR count). The third-order valence-corrected chi connectivity index (χ3v) is 2.71. The highest BCUT2D eigenvalue weighted by atomic mass is 32.2. The number of hydrogen-bond acceptors (Lipinski definition) is 5. The molecular weight excluding hydrogens is 259 g/mol. The van der Waals surface area contributed by atoms with Crippen LogP contribution in [0.2, 0.25) is 0 Å². The third kappa shape index (κ3) is 3.66. The Hall–Kier alpha value is -1.70. The lowest BCUT2D eigenvalue weighted by atomic mass is 10.4. The quantitative estimate of drug-likeness (QED) is 0.657. The fourth-order valence-corrected chi connectivity index (χ4v) is 1.66. The second kappa shape index (κ2) is 6.90. The lowest BCUT2D eigenvalue weighted by molar-refractivity contribution is 0.0970. The van der Waals surface area contributed by atoms with Crippen LogP contribution in [0.4, 0.5) is 4.48 Å². The first-order valence-electron chi connectivity index (χ1n) is 5.33. The Labute approximate surface area is 107 Å². The molecule has 1 aromatic heterocycles. The average Bonchev–Trinajstić information content (AvgIpc) is 2.38. The Bertz CT molecular complexity index is 515. The molecular formula is C10H13FN4O2S. The average molecular weight is 272 g/mol. The highest BCUT2D eigenvalue weighted by Crippen LogP contribution is 2.02. The van der Waals surface area contributed by atoms with Crippen LogP contribution in [-0.4, -0.2) is 26.6 Å². The van der Waals surface area contributed by atoms with Crippen molar-refractivity contribution < 1.29 is 9.28 Å². The molecule has 0 saturated carbocycles. The van der Waals surface area contributed by atoms with Crippen molar-refractivity contribution in [1.29, 1.82) is 0 Å². The SMILES string of the molecule is CCS/C(=N\F)NC(=O)c1ccc(=O)n(CC)n1. The van der Waals surface area contributed by atoms with Crippen LogP contribution < -0.4 is 10.9 Å². The van der Waals surface area contributed by atoms with E-state index in [2.05, 4.69) is 15.6 Å². The summed E-state index contributed by atoms with van der Waals surface area (Å²) in [5, 5.41) is 8.45. The zero-order chi connectivity index (χ0) is 13.5. The summed E-state index contributed by atoms with van der Waals surface area (Å²) in [5.41, 5.74) is -0.259.